The van der Waals surface area contributed by atoms with Crippen molar-refractivity contribution >= 4 is 16.7 Å². The van der Waals surface area contributed by atoms with Crippen LogP contribution in [0.25, 0.3) is 10.8 Å². The third-order valence-corrected chi connectivity index (χ3v) is 3.99. The maximum absolute atomic E-state index is 12.7. The van der Waals surface area contributed by atoms with Gasteiger partial charge in [0.25, 0.3) is 11.5 Å². The topological polar surface area (TPSA) is 86.1 Å². The summed E-state index contributed by atoms with van der Waals surface area (Å²) in [5, 5.41) is 8.10. The molecular formula is C20H22N4O3. The Bertz CT molecular complexity index is 1010. The second-order valence-electron chi connectivity index (χ2n) is 6.37. The number of hydrogen-bond acceptors (Lipinski definition) is 5. The van der Waals surface area contributed by atoms with Crippen molar-refractivity contribution in [2.45, 2.75) is 40.0 Å². The average molecular weight is 366 g/mol. The molecule has 7 heteroatoms. The summed E-state index contributed by atoms with van der Waals surface area (Å²) in [5.74, 6) is 0.207. The molecule has 0 fully saturated rings. The summed E-state index contributed by atoms with van der Waals surface area (Å²) in [5.41, 5.74) is 0.877. The molecule has 7 nitrogen and oxygen atoms in total. The van der Waals surface area contributed by atoms with Crippen LogP contribution in [0.4, 0.5) is 0 Å². The van der Waals surface area contributed by atoms with E-state index in [-0.39, 0.29) is 23.3 Å². The van der Waals surface area contributed by atoms with Gasteiger partial charge in [-0.1, -0.05) is 24.3 Å². The SMILES string of the molecule is CCn1nc(C(=O)NCc2ccc(OC(C)C)nc2)c2ccccc2c1=O. The number of pyridine rings is 1. The Kier molecular flexibility index (Phi) is 5.49. The van der Waals surface area contributed by atoms with Gasteiger partial charge in [-0.3, -0.25) is 9.59 Å². The first-order valence-corrected chi connectivity index (χ1v) is 8.89. The number of rotatable bonds is 6. The van der Waals surface area contributed by atoms with Gasteiger partial charge in [-0.05, 0) is 32.4 Å². The fourth-order valence-electron chi connectivity index (χ4n) is 2.71. The highest BCUT2D eigenvalue weighted by atomic mass is 16.5. The Morgan fingerprint density at radius 3 is 2.56 bits per heavy atom. The van der Waals surface area contributed by atoms with E-state index < -0.39 is 0 Å². The van der Waals surface area contributed by atoms with Crippen LogP contribution in [-0.2, 0) is 13.1 Å². The van der Waals surface area contributed by atoms with Gasteiger partial charge < -0.3 is 10.1 Å². The van der Waals surface area contributed by atoms with Crippen LogP contribution in [-0.4, -0.2) is 26.8 Å². The lowest BCUT2D eigenvalue weighted by molar-refractivity contribution is 0.0945. The molecule has 0 unspecified atom stereocenters. The van der Waals surface area contributed by atoms with Crippen LogP contribution in [0, 0.1) is 0 Å². The molecule has 1 aromatic carbocycles. The summed E-state index contributed by atoms with van der Waals surface area (Å²) >= 11 is 0. The number of nitrogens with one attached hydrogen (secondary N) is 1. The van der Waals surface area contributed by atoms with Gasteiger partial charge in [-0.15, -0.1) is 0 Å². The molecule has 0 radical (unpaired) electrons. The van der Waals surface area contributed by atoms with Crippen molar-refractivity contribution in [3.8, 4) is 5.88 Å². The van der Waals surface area contributed by atoms with Gasteiger partial charge in [0.05, 0.1) is 11.5 Å². The Hall–Kier alpha value is -3.22. The number of carbonyl (C=O) groups excluding carboxylic acids is 1. The van der Waals surface area contributed by atoms with Crippen LogP contribution in [0.3, 0.4) is 0 Å². The highest BCUT2D eigenvalue weighted by Gasteiger charge is 2.16. The van der Waals surface area contributed by atoms with Gasteiger partial charge in [0.1, 0.15) is 0 Å². The standard InChI is InChI=1S/C20H22N4O3/c1-4-24-20(26)16-8-6-5-7-15(16)18(23-24)19(25)22-12-14-9-10-17(21-11-14)27-13(2)3/h5-11,13H,4,12H2,1-3H3,(H,22,25). The van der Waals surface area contributed by atoms with Gasteiger partial charge in [0.15, 0.2) is 5.69 Å². The van der Waals surface area contributed by atoms with Crippen molar-refractivity contribution in [1.29, 1.82) is 0 Å². The van der Waals surface area contributed by atoms with E-state index in [2.05, 4.69) is 15.4 Å². The van der Waals surface area contributed by atoms with Gasteiger partial charge in [-0.2, -0.15) is 5.10 Å². The zero-order valence-corrected chi connectivity index (χ0v) is 15.6. The summed E-state index contributed by atoms with van der Waals surface area (Å²) in [7, 11) is 0. The Balaban J connectivity index is 1.80. The van der Waals surface area contributed by atoms with Crippen molar-refractivity contribution in [3.63, 3.8) is 0 Å². The van der Waals surface area contributed by atoms with Gasteiger partial charge in [0, 0.05) is 30.7 Å². The molecule has 0 aliphatic rings. The average Bonchev–Trinajstić information content (AvgIpc) is 2.67. The van der Waals surface area contributed by atoms with E-state index in [0.717, 1.165) is 5.56 Å². The number of nitrogens with zero attached hydrogens (tertiary/aromatic N) is 3. The molecule has 0 saturated heterocycles. The maximum atomic E-state index is 12.7. The predicted octanol–water partition coefficient (Wildman–Crippen LogP) is 2.53. The minimum absolute atomic E-state index is 0.0525. The van der Waals surface area contributed by atoms with Crippen LogP contribution in [0.5, 0.6) is 5.88 Å². The Labute approximate surface area is 157 Å². The van der Waals surface area contributed by atoms with E-state index in [1.165, 1.54) is 4.68 Å². The zero-order valence-electron chi connectivity index (χ0n) is 15.6. The number of carbonyl (C=O) groups is 1. The monoisotopic (exact) mass is 366 g/mol. The van der Waals surface area contributed by atoms with E-state index in [1.807, 2.05) is 26.8 Å². The van der Waals surface area contributed by atoms with Gasteiger partial charge >= 0.3 is 0 Å². The van der Waals surface area contributed by atoms with Crippen LogP contribution >= 0.6 is 0 Å². The number of hydrogen-bond donors (Lipinski definition) is 1. The molecule has 1 N–H and O–H groups in total. The fraction of sp³-hybridized carbons (Fsp3) is 0.300. The smallest absolute Gasteiger partial charge is 0.274 e. The van der Waals surface area contributed by atoms with Crippen LogP contribution in [0.1, 0.15) is 36.8 Å². The minimum Gasteiger partial charge on any atom is -0.475 e. The number of amides is 1. The minimum atomic E-state index is -0.337. The Morgan fingerprint density at radius 2 is 1.93 bits per heavy atom. The first-order valence-electron chi connectivity index (χ1n) is 8.89. The summed E-state index contributed by atoms with van der Waals surface area (Å²) in [4.78, 5) is 29.3. The number of benzene rings is 1. The number of ether oxygens (including phenoxy) is 1. The third-order valence-electron chi connectivity index (χ3n) is 3.99. The maximum Gasteiger partial charge on any atom is 0.274 e. The van der Waals surface area contributed by atoms with Crippen LogP contribution in [0.2, 0.25) is 0 Å². The second-order valence-corrected chi connectivity index (χ2v) is 6.37. The van der Waals surface area contributed by atoms with Crippen molar-refractivity contribution < 1.29 is 9.53 Å². The Morgan fingerprint density at radius 1 is 1.19 bits per heavy atom. The fourth-order valence-corrected chi connectivity index (χ4v) is 2.71. The predicted molar refractivity (Wildman–Crippen MR) is 103 cm³/mol. The third kappa shape index (κ3) is 4.13. The summed E-state index contributed by atoms with van der Waals surface area (Å²) < 4.78 is 6.81. The molecule has 3 rings (SSSR count). The van der Waals surface area contributed by atoms with E-state index in [0.29, 0.717) is 29.7 Å². The normalized spacial score (nSPS) is 11.0. The molecule has 0 aliphatic carbocycles. The molecule has 140 valence electrons. The number of aryl methyl sites for hydroxylation is 1. The van der Waals surface area contributed by atoms with Crippen molar-refractivity contribution in [2.75, 3.05) is 0 Å². The quantitative estimate of drug-likeness (QED) is 0.724. The lowest BCUT2D eigenvalue weighted by Gasteiger charge is -2.11. The molecular weight excluding hydrogens is 344 g/mol. The van der Waals surface area contributed by atoms with Crippen LogP contribution in [0.15, 0.2) is 47.4 Å². The van der Waals surface area contributed by atoms with E-state index in [1.54, 1.807) is 36.5 Å². The van der Waals surface area contributed by atoms with Crippen molar-refractivity contribution in [2.24, 2.45) is 0 Å². The highest BCUT2D eigenvalue weighted by molar-refractivity contribution is 6.04. The molecule has 2 heterocycles. The number of aromatic nitrogens is 3. The lowest BCUT2D eigenvalue weighted by atomic mass is 10.1. The van der Waals surface area contributed by atoms with E-state index >= 15 is 0 Å². The molecule has 1 amide bonds. The van der Waals surface area contributed by atoms with Crippen LogP contribution < -0.4 is 15.6 Å². The molecule has 0 aliphatic heterocycles. The molecule has 27 heavy (non-hydrogen) atoms. The largest absolute Gasteiger partial charge is 0.475 e. The van der Waals surface area contributed by atoms with Gasteiger partial charge in [-0.25, -0.2) is 9.67 Å². The van der Waals surface area contributed by atoms with Crippen molar-refractivity contribution in [3.05, 3.63) is 64.2 Å². The summed E-state index contributed by atoms with van der Waals surface area (Å²) in [6, 6.07) is 10.6. The molecule has 3 aromatic rings. The highest BCUT2D eigenvalue weighted by Crippen LogP contribution is 2.14. The number of fused-ring (bicyclic) bond motifs is 1. The van der Waals surface area contributed by atoms with Crippen molar-refractivity contribution in [1.82, 2.24) is 20.1 Å². The van der Waals surface area contributed by atoms with Gasteiger partial charge in [0.2, 0.25) is 5.88 Å². The summed E-state index contributed by atoms with van der Waals surface area (Å²) in [6.07, 6.45) is 1.72. The molecule has 0 bridgehead atoms. The summed E-state index contributed by atoms with van der Waals surface area (Å²) in [6.45, 7) is 6.38. The molecule has 0 atom stereocenters. The first kappa shape index (κ1) is 18.6. The molecule has 2 aromatic heterocycles. The zero-order chi connectivity index (χ0) is 19.4. The first-order chi connectivity index (χ1) is 13.0. The van der Waals surface area contributed by atoms with E-state index in [4.69, 9.17) is 4.74 Å². The lowest BCUT2D eigenvalue weighted by Crippen LogP contribution is -2.30. The van der Waals surface area contributed by atoms with E-state index in [9.17, 15) is 9.59 Å². The second kappa shape index (κ2) is 7.99. The molecule has 0 spiro atoms. The molecule has 0 saturated carbocycles.